The van der Waals surface area contributed by atoms with Crippen LogP contribution in [0.25, 0.3) is 11.1 Å². The normalized spacial score (nSPS) is 26.0. The highest BCUT2D eigenvalue weighted by Crippen LogP contribution is 2.33. The van der Waals surface area contributed by atoms with Crippen molar-refractivity contribution in [1.29, 1.82) is 0 Å². The van der Waals surface area contributed by atoms with Gasteiger partial charge in [-0.25, -0.2) is 4.98 Å². The Labute approximate surface area is 141 Å². The van der Waals surface area contributed by atoms with E-state index in [1.54, 1.807) is 7.11 Å². The van der Waals surface area contributed by atoms with E-state index in [9.17, 15) is 4.79 Å². The van der Waals surface area contributed by atoms with E-state index in [0.29, 0.717) is 42.5 Å². The van der Waals surface area contributed by atoms with Crippen molar-refractivity contribution in [2.75, 3.05) is 12.4 Å². The van der Waals surface area contributed by atoms with Crippen molar-refractivity contribution < 1.29 is 13.9 Å². The van der Waals surface area contributed by atoms with Crippen LogP contribution in [0.2, 0.25) is 0 Å². The van der Waals surface area contributed by atoms with Gasteiger partial charge < -0.3 is 19.8 Å². The number of nitrogens with one attached hydrogen (secondary N) is 2. The van der Waals surface area contributed by atoms with E-state index in [0.717, 1.165) is 24.0 Å². The van der Waals surface area contributed by atoms with Crippen LogP contribution in [-0.2, 0) is 16.1 Å². The summed E-state index contributed by atoms with van der Waals surface area (Å²) in [5.74, 6) is 1.12. The van der Waals surface area contributed by atoms with Crippen LogP contribution < -0.4 is 10.6 Å². The number of ether oxygens (including phenoxy) is 1. The molecule has 2 unspecified atom stereocenters. The lowest BCUT2D eigenvalue weighted by molar-refractivity contribution is -0.117. The quantitative estimate of drug-likeness (QED) is 0.882. The Hall–Kier alpha value is -1.92. The van der Waals surface area contributed by atoms with Gasteiger partial charge in [0.15, 0.2) is 5.58 Å². The first-order valence-corrected chi connectivity index (χ1v) is 8.64. The zero-order chi connectivity index (χ0) is 16.5. The molecule has 2 aliphatic heterocycles. The third-order valence-corrected chi connectivity index (χ3v) is 5.03. The minimum Gasteiger partial charge on any atom is -0.438 e. The first-order valence-electron chi connectivity index (χ1n) is 8.64. The highest BCUT2D eigenvalue weighted by Gasteiger charge is 2.34. The largest absolute Gasteiger partial charge is 0.438 e. The molecule has 3 heterocycles. The van der Waals surface area contributed by atoms with Gasteiger partial charge in [0.25, 0.3) is 0 Å². The molecule has 1 aromatic carbocycles. The summed E-state index contributed by atoms with van der Waals surface area (Å²) in [6.07, 6.45) is 5.35. The van der Waals surface area contributed by atoms with Gasteiger partial charge in [-0.05, 0) is 49.8 Å². The summed E-state index contributed by atoms with van der Waals surface area (Å²) in [6, 6.07) is 6.78. The highest BCUT2D eigenvalue weighted by molar-refractivity contribution is 5.92. The fourth-order valence-electron chi connectivity index (χ4n) is 4.05. The number of benzene rings is 1. The van der Waals surface area contributed by atoms with Crippen molar-refractivity contribution in [3.63, 3.8) is 0 Å². The van der Waals surface area contributed by atoms with Gasteiger partial charge in [0.2, 0.25) is 11.8 Å². The molecule has 0 saturated carbocycles. The second-order valence-electron chi connectivity index (χ2n) is 6.95. The molecule has 0 spiro atoms. The molecule has 2 saturated heterocycles. The van der Waals surface area contributed by atoms with Gasteiger partial charge >= 0.3 is 0 Å². The number of aromatic nitrogens is 1. The predicted octanol–water partition coefficient (Wildman–Crippen LogP) is 2.83. The van der Waals surface area contributed by atoms with Crippen LogP contribution in [0.15, 0.2) is 22.6 Å². The number of fused-ring (bicyclic) bond motifs is 3. The van der Waals surface area contributed by atoms with Crippen LogP contribution in [0.4, 0.5) is 5.69 Å². The zero-order valence-corrected chi connectivity index (χ0v) is 13.9. The van der Waals surface area contributed by atoms with Crippen molar-refractivity contribution in [2.45, 2.75) is 50.8 Å². The molecular weight excluding hydrogens is 306 g/mol. The van der Waals surface area contributed by atoms with Crippen molar-refractivity contribution >= 4 is 22.7 Å². The number of hydrogen-bond donors (Lipinski definition) is 2. The SMILES string of the molecule is COCc1nc2cc(NC(=O)CC3CC4CCC(C3)N4)ccc2o1. The predicted molar refractivity (Wildman–Crippen MR) is 90.6 cm³/mol. The molecule has 24 heavy (non-hydrogen) atoms. The number of methoxy groups -OCH3 is 1. The van der Waals surface area contributed by atoms with Gasteiger partial charge in [0, 0.05) is 31.3 Å². The summed E-state index contributed by atoms with van der Waals surface area (Å²) in [5.41, 5.74) is 2.21. The molecular formula is C18H23N3O3. The summed E-state index contributed by atoms with van der Waals surface area (Å²) in [5, 5.41) is 6.62. The molecule has 2 bridgehead atoms. The van der Waals surface area contributed by atoms with E-state index >= 15 is 0 Å². The van der Waals surface area contributed by atoms with E-state index in [1.165, 1.54) is 12.8 Å². The lowest BCUT2D eigenvalue weighted by Crippen LogP contribution is -2.39. The number of hydrogen-bond acceptors (Lipinski definition) is 5. The van der Waals surface area contributed by atoms with Crippen molar-refractivity contribution in [2.24, 2.45) is 5.92 Å². The Morgan fingerprint density at radius 3 is 2.92 bits per heavy atom. The molecule has 1 amide bonds. The van der Waals surface area contributed by atoms with Crippen LogP contribution in [-0.4, -0.2) is 30.1 Å². The molecule has 6 heteroatoms. The lowest BCUT2D eigenvalue weighted by Gasteiger charge is -2.28. The van der Waals surface area contributed by atoms with Gasteiger partial charge in [-0.1, -0.05) is 0 Å². The zero-order valence-electron chi connectivity index (χ0n) is 13.9. The maximum atomic E-state index is 12.4. The molecule has 2 N–H and O–H groups in total. The fourth-order valence-corrected chi connectivity index (χ4v) is 4.05. The summed E-state index contributed by atoms with van der Waals surface area (Å²) < 4.78 is 10.6. The monoisotopic (exact) mass is 329 g/mol. The third kappa shape index (κ3) is 3.30. The smallest absolute Gasteiger partial charge is 0.224 e. The van der Waals surface area contributed by atoms with Crippen molar-refractivity contribution in [3.05, 3.63) is 24.1 Å². The Balaban J connectivity index is 1.39. The molecule has 1 aromatic heterocycles. The van der Waals surface area contributed by atoms with E-state index < -0.39 is 0 Å². The summed E-state index contributed by atoms with van der Waals surface area (Å²) in [7, 11) is 1.60. The topological polar surface area (TPSA) is 76.4 Å². The number of rotatable bonds is 5. The third-order valence-electron chi connectivity index (χ3n) is 5.03. The Morgan fingerprint density at radius 1 is 1.38 bits per heavy atom. The number of carbonyl (C=O) groups excluding carboxylic acids is 1. The summed E-state index contributed by atoms with van der Waals surface area (Å²) >= 11 is 0. The van der Waals surface area contributed by atoms with Crippen LogP contribution in [0.3, 0.4) is 0 Å². The minimum absolute atomic E-state index is 0.0845. The van der Waals surface area contributed by atoms with E-state index in [4.69, 9.17) is 9.15 Å². The summed E-state index contributed by atoms with van der Waals surface area (Å²) in [6.45, 7) is 0.342. The molecule has 2 aromatic rings. The maximum Gasteiger partial charge on any atom is 0.224 e. The molecule has 2 fully saturated rings. The molecule has 2 aliphatic rings. The Bertz CT molecular complexity index is 730. The highest BCUT2D eigenvalue weighted by atomic mass is 16.5. The Kier molecular flexibility index (Phi) is 4.24. The molecule has 6 nitrogen and oxygen atoms in total. The van der Waals surface area contributed by atoms with Crippen LogP contribution in [0.5, 0.6) is 0 Å². The van der Waals surface area contributed by atoms with Crippen molar-refractivity contribution in [3.8, 4) is 0 Å². The van der Waals surface area contributed by atoms with Crippen LogP contribution in [0.1, 0.15) is 38.0 Å². The van der Waals surface area contributed by atoms with Gasteiger partial charge in [-0.3, -0.25) is 4.79 Å². The average molecular weight is 329 g/mol. The number of anilines is 1. The van der Waals surface area contributed by atoms with Gasteiger partial charge in [0.1, 0.15) is 12.1 Å². The second-order valence-corrected chi connectivity index (χ2v) is 6.95. The first kappa shape index (κ1) is 15.6. The number of piperidine rings is 1. The molecule has 2 atom stereocenters. The number of amides is 1. The maximum absolute atomic E-state index is 12.4. The number of carbonyl (C=O) groups is 1. The van der Waals surface area contributed by atoms with E-state index in [-0.39, 0.29) is 5.91 Å². The van der Waals surface area contributed by atoms with Crippen LogP contribution in [0, 0.1) is 5.92 Å². The first-order chi connectivity index (χ1) is 11.7. The second kappa shape index (κ2) is 6.53. The standard InChI is InChI=1S/C18H23N3O3/c1-23-10-18-21-15-9-14(4-5-16(15)24-18)20-17(22)8-11-6-12-2-3-13(7-11)19-12/h4-5,9,11-13,19H,2-3,6-8,10H2,1H3,(H,20,22). The van der Waals surface area contributed by atoms with Crippen LogP contribution >= 0.6 is 0 Å². The number of oxazole rings is 1. The van der Waals surface area contributed by atoms with Crippen molar-refractivity contribution in [1.82, 2.24) is 10.3 Å². The van der Waals surface area contributed by atoms with E-state index in [1.807, 2.05) is 18.2 Å². The van der Waals surface area contributed by atoms with Gasteiger partial charge in [-0.2, -0.15) is 0 Å². The molecule has 0 aliphatic carbocycles. The molecule has 128 valence electrons. The molecule has 0 radical (unpaired) electrons. The fraction of sp³-hybridized carbons (Fsp3) is 0.556. The number of nitrogens with zero attached hydrogens (tertiary/aromatic N) is 1. The van der Waals surface area contributed by atoms with Gasteiger partial charge in [0.05, 0.1) is 0 Å². The van der Waals surface area contributed by atoms with E-state index in [2.05, 4.69) is 15.6 Å². The average Bonchev–Trinajstić information content (AvgIpc) is 3.09. The summed E-state index contributed by atoms with van der Waals surface area (Å²) in [4.78, 5) is 16.7. The Morgan fingerprint density at radius 2 is 2.17 bits per heavy atom. The minimum atomic E-state index is 0.0845. The molecule has 4 rings (SSSR count). The van der Waals surface area contributed by atoms with Gasteiger partial charge in [-0.15, -0.1) is 0 Å². The lowest BCUT2D eigenvalue weighted by atomic mass is 9.89.